The van der Waals surface area contributed by atoms with Gasteiger partial charge < -0.3 is 14.4 Å². The highest BCUT2D eigenvalue weighted by Crippen LogP contribution is 1.81. The minimum Gasteiger partial charge on any atom is -0.378 e. The Labute approximate surface area is 78.2 Å². The predicted molar refractivity (Wildman–Crippen MR) is 45.9 cm³/mol. The Morgan fingerprint density at radius 3 is 2.31 bits per heavy atom. The second kappa shape index (κ2) is 7.97. The van der Waals surface area contributed by atoms with Gasteiger partial charge in [-0.25, -0.2) is 9.90 Å². The molecule has 0 saturated heterocycles. The van der Waals surface area contributed by atoms with Crippen molar-refractivity contribution >= 4 is 5.97 Å². The van der Waals surface area contributed by atoms with Crippen molar-refractivity contribution < 1.29 is 19.4 Å². The maximum absolute atomic E-state index is 9.89. The first kappa shape index (κ1) is 12.3. The van der Waals surface area contributed by atoms with E-state index in [1.165, 1.54) is 0 Å². The zero-order valence-corrected chi connectivity index (χ0v) is 8.12. The van der Waals surface area contributed by atoms with E-state index < -0.39 is 5.97 Å². The Bertz CT molecular complexity index is 138. The molecule has 0 rings (SSSR count). The van der Waals surface area contributed by atoms with Crippen LogP contribution in [0.4, 0.5) is 0 Å². The highest BCUT2D eigenvalue weighted by Gasteiger charge is 1.98. The fourth-order valence-corrected chi connectivity index (χ4v) is 0.623. The molecule has 77 valence electrons. The number of rotatable bonds is 8. The van der Waals surface area contributed by atoms with Gasteiger partial charge in [-0.3, -0.25) is 0 Å². The van der Waals surface area contributed by atoms with Crippen molar-refractivity contribution in [2.75, 3.05) is 47.1 Å². The molecule has 0 aromatic rings. The van der Waals surface area contributed by atoms with E-state index in [1.807, 2.05) is 19.0 Å². The van der Waals surface area contributed by atoms with E-state index in [9.17, 15) is 9.90 Å². The summed E-state index contributed by atoms with van der Waals surface area (Å²) in [5.74, 6) is -1.20. The van der Waals surface area contributed by atoms with Crippen molar-refractivity contribution in [3.63, 3.8) is 0 Å². The molecule has 0 aromatic carbocycles. The quantitative estimate of drug-likeness (QED) is 0.486. The fourth-order valence-electron chi connectivity index (χ4n) is 0.623. The monoisotopic (exact) mass is 190 g/mol. The average molecular weight is 190 g/mol. The summed E-state index contributed by atoms with van der Waals surface area (Å²) in [7, 11) is 3.91. The summed E-state index contributed by atoms with van der Waals surface area (Å²) in [6, 6.07) is 0. The zero-order valence-electron chi connectivity index (χ0n) is 8.12. The Kier molecular flexibility index (Phi) is 7.57. The van der Waals surface area contributed by atoms with Crippen LogP contribution < -0.4 is 0 Å². The van der Waals surface area contributed by atoms with Gasteiger partial charge >= 0.3 is 5.97 Å². The fraction of sp³-hybridized carbons (Fsp3) is 0.875. The molecule has 13 heavy (non-hydrogen) atoms. The SMILES string of the molecule is CN(C)CCOCCOCC([O])=O. The Morgan fingerprint density at radius 1 is 1.15 bits per heavy atom. The van der Waals surface area contributed by atoms with Gasteiger partial charge in [-0.1, -0.05) is 0 Å². The lowest BCUT2D eigenvalue weighted by Crippen LogP contribution is -2.19. The summed E-state index contributed by atoms with van der Waals surface area (Å²) in [5, 5.41) is 9.89. The van der Waals surface area contributed by atoms with Gasteiger partial charge in [0.05, 0.1) is 19.8 Å². The average Bonchev–Trinajstić information content (AvgIpc) is 2.01. The number of carbonyl (C=O) groups is 1. The molecule has 0 heterocycles. The summed E-state index contributed by atoms with van der Waals surface area (Å²) in [6.45, 7) is 1.82. The van der Waals surface area contributed by atoms with E-state index >= 15 is 0 Å². The van der Waals surface area contributed by atoms with Gasteiger partial charge in [0, 0.05) is 6.54 Å². The third kappa shape index (κ3) is 11.3. The van der Waals surface area contributed by atoms with Crippen LogP contribution in [0.3, 0.4) is 0 Å². The summed E-state index contributed by atoms with van der Waals surface area (Å²) >= 11 is 0. The maximum atomic E-state index is 9.89. The van der Waals surface area contributed by atoms with Gasteiger partial charge in [-0.15, -0.1) is 0 Å². The number of hydrogen-bond donors (Lipinski definition) is 0. The van der Waals surface area contributed by atoms with Gasteiger partial charge in [0.25, 0.3) is 0 Å². The van der Waals surface area contributed by atoms with Crippen LogP contribution in [0.5, 0.6) is 0 Å². The van der Waals surface area contributed by atoms with Crippen LogP contribution in [0.1, 0.15) is 0 Å². The van der Waals surface area contributed by atoms with Crippen molar-refractivity contribution in [3.8, 4) is 0 Å². The molecular formula is C8H16NO4. The van der Waals surface area contributed by atoms with Crippen LogP contribution in [0.2, 0.25) is 0 Å². The molecule has 0 fully saturated rings. The summed E-state index contributed by atoms with van der Waals surface area (Å²) < 4.78 is 9.85. The second-order valence-corrected chi connectivity index (χ2v) is 2.84. The lowest BCUT2D eigenvalue weighted by atomic mass is 10.6. The number of likely N-dealkylation sites (N-methyl/N-ethyl adjacent to an activating group) is 1. The molecule has 1 radical (unpaired) electrons. The molecule has 0 aromatic heterocycles. The third-order valence-corrected chi connectivity index (χ3v) is 1.27. The van der Waals surface area contributed by atoms with E-state index in [2.05, 4.69) is 0 Å². The number of ether oxygens (including phenoxy) is 2. The maximum Gasteiger partial charge on any atom is 0.380 e. The number of hydrogen-bond acceptors (Lipinski definition) is 4. The van der Waals surface area contributed by atoms with E-state index in [1.54, 1.807) is 0 Å². The highest BCUT2D eigenvalue weighted by atomic mass is 16.5. The third-order valence-electron chi connectivity index (χ3n) is 1.27. The molecule has 0 atom stereocenters. The van der Waals surface area contributed by atoms with E-state index in [4.69, 9.17) is 9.47 Å². The van der Waals surface area contributed by atoms with E-state index in [0.29, 0.717) is 19.8 Å². The molecule has 0 spiro atoms. The summed E-state index contributed by atoms with van der Waals surface area (Å²) in [5.41, 5.74) is 0. The molecule has 5 nitrogen and oxygen atoms in total. The lowest BCUT2D eigenvalue weighted by molar-refractivity contribution is -0.148. The molecule has 0 saturated carbocycles. The van der Waals surface area contributed by atoms with Crippen molar-refractivity contribution in [2.24, 2.45) is 0 Å². The van der Waals surface area contributed by atoms with Crippen LogP contribution in [0, 0.1) is 0 Å². The second-order valence-electron chi connectivity index (χ2n) is 2.84. The van der Waals surface area contributed by atoms with Crippen molar-refractivity contribution in [1.82, 2.24) is 4.90 Å². The molecule has 0 bridgehead atoms. The van der Waals surface area contributed by atoms with Crippen LogP contribution in [0.25, 0.3) is 0 Å². The summed E-state index contributed by atoms with van der Waals surface area (Å²) in [4.78, 5) is 11.9. The number of nitrogens with zero attached hydrogens (tertiary/aromatic N) is 1. The van der Waals surface area contributed by atoms with Crippen molar-refractivity contribution in [2.45, 2.75) is 0 Å². The number of carbonyl (C=O) groups excluding carboxylic acids is 1. The van der Waals surface area contributed by atoms with Crippen molar-refractivity contribution in [1.29, 1.82) is 0 Å². The first-order chi connectivity index (χ1) is 6.13. The van der Waals surface area contributed by atoms with E-state index in [-0.39, 0.29) is 6.61 Å². The topological polar surface area (TPSA) is 58.7 Å². The van der Waals surface area contributed by atoms with E-state index in [0.717, 1.165) is 6.54 Å². The first-order valence-electron chi connectivity index (χ1n) is 4.13. The molecule has 0 aliphatic rings. The Hall–Kier alpha value is -0.650. The minimum atomic E-state index is -1.20. The van der Waals surface area contributed by atoms with Crippen LogP contribution in [-0.4, -0.2) is 57.9 Å². The standard InChI is InChI=1S/C8H16NO4/c1-9(2)3-4-12-5-6-13-7-8(10)11/h3-7H2,1-2H3. The molecule has 0 N–H and O–H groups in total. The molecule has 0 aliphatic heterocycles. The molecule has 0 aliphatic carbocycles. The first-order valence-corrected chi connectivity index (χ1v) is 4.13. The van der Waals surface area contributed by atoms with Crippen LogP contribution in [0.15, 0.2) is 0 Å². The van der Waals surface area contributed by atoms with Gasteiger partial charge in [0.2, 0.25) is 0 Å². The molecular weight excluding hydrogens is 174 g/mol. The highest BCUT2D eigenvalue weighted by molar-refractivity contribution is 5.67. The Balaban J connectivity index is 2.96. The molecule has 0 amide bonds. The minimum absolute atomic E-state index is 0.293. The molecule has 5 heteroatoms. The summed E-state index contributed by atoms with van der Waals surface area (Å²) in [6.07, 6.45) is 0. The van der Waals surface area contributed by atoms with Crippen LogP contribution >= 0.6 is 0 Å². The normalized spacial score (nSPS) is 10.7. The zero-order chi connectivity index (χ0) is 10.1. The largest absolute Gasteiger partial charge is 0.380 e. The van der Waals surface area contributed by atoms with Gasteiger partial charge in [0.1, 0.15) is 6.61 Å². The van der Waals surface area contributed by atoms with Crippen molar-refractivity contribution in [3.05, 3.63) is 0 Å². The smallest absolute Gasteiger partial charge is 0.378 e. The van der Waals surface area contributed by atoms with Gasteiger partial charge in [0.15, 0.2) is 0 Å². The van der Waals surface area contributed by atoms with Crippen LogP contribution in [-0.2, 0) is 19.4 Å². The molecule has 0 unspecified atom stereocenters. The predicted octanol–water partition coefficient (Wildman–Crippen LogP) is -0.462. The lowest BCUT2D eigenvalue weighted by Gasteiger charge is -2.09. The Morgan fingerprint density at radius 2 is 1.77 bits per heavy atom. The van der Waals surface area contributed by atoms with Gasteiger partial charge in [-0.2, -0.15) is 0 Å². The van der Waals surface area contributed by atoms with Gasteiger partial charge in [-0.05, 0) is 14.1 Å².